The van der Waals surface area contributed by atoms with Gasteiger partial charge in [-0.2, -0.15) is 0 Å². The third kappa shape index (κ3) is 3.87. The van der Waals surface area contributed by atoms with Crippen molar-refractivity contribution in [1.82, 2.24) is 0 Å². The Bertz CT molecular complexity index is 351. The van der Waals surface area contributed by atoms with Gasteiger partial charge >= 0.3 is 0 Å². The molecule has 0 bridgehead atoms. The quantitative estimate of drug-likeness (QED) is 0.841. The van der Waals surface area contributed by atoms with Gasteiger partial charge in [-0.25, -0.2) is 8.78 Å². The van der Waals surface area contributed by atoms with Gasteiger partial charge in [0.25, 0.3) is 0 Å². The van der Waals surface area contributed by atoms with Crippen LogP contribution in [0.25, 0.3) is 0 Å². The summed E-state index contributed by atoms with van der Waals surface area (Å²) in [6.45, 7) is 2.00. The van der Waals surface area contributed by atoms with Crippen molar-refractivity contribution in [2.75, 3.05) is 13.7 Å². The first-order chi connectivity index (χ1) is 7.44. The molecule has 2 nitrogen and oxygen atoms in total. The highest BCUT2D eigenvalue weighted by molar-refractivity contribution is 5.20. The lowest BCUT2D eigenvalue weighted by atomic mass is 9.93. The SMILES string of the molecule is COCCC(C)(O)Cc1ccc(F)cc1F. The minimum Gasteiger partial charge on any atom is -0.390 e. The van der Waals surface area contributed by atoms with Crippen LogP contribution >= 0.6 is 0 Å². The molecule has 1 aromatic rings. The summed E-state index contributed by atoms with van der Waals surface area (Å²) in [5, 5.41) is 9.95. The molecule has 0 amide bonds. The molecule has 0 saturated heterocycles. The second-order valence-corrected chi connectivity index (χ2v) is 4.15. The molecule has 0 radical (unpaired) electrons. The van der Waals surface area contributed by atoms with Crippen molar-refractivity contribution in [1.29, 1.82) is 0 Å². The maximum Gasteiger partial charge on any atom is 0.129 e. The molecule has 0 saturated carbocycles. The minimum atomic E-state index is -1.05. The molecule has 0 heterocycles. The average Bonchev–Trinajstić information content (AvgIpc) is 2.19. The third-order valence-corrected chi connectivity index (χ3v) is 2.43. The lowest BCUT2D eigenvalue weighted by Crippen LogP contribution is -2.29. The molecular weight excluding hydrogens is 214 g/mol. The van der Waals surface area contributed by atoms with Crippen molar-refractivity contribution in [3.8, 4) is 0 Å². The summed E-state index contributed by atoms with van der Waals surface area (Å²) in [6, 6.07) is 3.36. The van der Waals surface area contributed by atoms with Gasteiger partial charge in [-0.3, -0.25) is 0 Å². The van der Waals surface area contributed by atoms with Crippen LogP contribution < -0.4 is 0 Å². The van der Waals surface area contributed by atoms with Crippen LogP contribution in [0.4, 0.5) is 8.78 Å². The van der Waals surface area contributed by atoms with E-state index < -0.39 is 17.2 Å². The summed E-state index contributed by atoms with van der Waals surface area (Å²) < 4.78 is 30.8. The van der Waals surface area contributed by atoms with E-state index in [1.54, 1.807) is 6.92 Å². The lowest BCUT2D eigenvalue weighted by Gasteiger charge is -2.23. The maximum absolute atomic E-state index is 13.3. The largest absolute Gasteiger partial charge is 0.390 e. The molecule has 1 N–H and O–H groups in total. The van der Waals surface area contributed by atoms with Gasteiger partial charge < -0.3 is 9.84 Å². The fraction of sp³-hybridized carbons (Fsp3) is 0.500. The Morgan fingerprint density at radius 2 is 2.06 bits per heavy atom. The molecule has 0 aliphatic carbocycles. The topological polar surface area (TPSA) is 29.5 Å². The summed E-state index contributed by atoms with van der Waals surface area (Å²) in [6.07, 6.45) is 0.544. The minimum absolute atomic E-state index is 0.141. The molecule has 1 atom stereocenters. The smallest absolute Gasteiger partial charge is 0.129 e. The Balaban J connectivity index is 2.71. The van der Waals surface area contributed by atoms with Crippen molar-refractivity contribution < 1.29 is 18.6 Å². The molecule has 90 valence electrons. The van der Waals surface area contributed by atoms with Gasteiger partial charge in [-0.1, -0.05) is 6.07 Å². The van der Waals surface area contributed by atoms with Crippen molar-refractivity contribution in [2.24, 2.45) is 0 Å². The summed E-state index contributed by atoms with van der Waals surface area (Å²) in [4.78, 5) is 0. The van der Waals surface area contributed by atoms with E-state index in [9.17, 15) is 13.9 Å². The molecule has 0 spiro atoms. The Kier molecular flexibility index (Phi) is 4.38. The highest BCUT2D eigenvalue weighted by Gasteiger charge is 2.22. The standard InChI is InChI=1S/C12H16F2O2/c1-12(15,5-6-16-2)8-9-3-4-10(13)7-11(9)14/h3-4,7,15H,5-6,8H2,1-2H3. The molecule has 0 fully saturated rings. The molecule has 0 aliphatic heterocycles. The zero-order valence-electron chi connectivity index (χ0n) is 9.46. The molecule has 4 heteroatoms. The predicted octanol–water partition coefficient (Wildman–Crippen LogP) is 2.29. The van der Waals surface area contributed by atoms with E-state index in [0.29, 0.717) is 18.6 Å². The van der Waals surface area contributed by atoms with E-state index in [2.05, 4.69) is 0 Å². The van der Waals surface area contributed by atoms with Crippen molar-refractivity contribution in [3.63, 3.8) is 0 Å². The Morgan fingerprint density at radius 1 is 1.38 bits per heavy atom. The average molecular weight is 230 g/mol. The Hall–Kier alpha value is -1.00. The van der Waals surface area contributed by atoms with E-state index in [0.717, 1.165) is 6.07 Å². The van der Waals surface area contributed by atoms with Crippen LogP contribution in [0, 0.1) is 11.6 Å². The van der Waals surface area contributed by atoms with Gasteiger partial charge in [0.1, 0.15) is 11.6 Å². The number of rotatable bonds is 5. The molecule has 1 unspecified atom stereocenters. The lowest BCUT2D eigenvalue weighted by molar-refractivity contribution is 0.0242. The molecule has 1 aromatic carbocycles. The number of benzene rings is 1. The number of hydrogen-bond acceptors (Lipinski definition) is 2. The van der Waals surface area contributed by atoms with Gasteiger partial charge in [-0.05, 0) is 25.0 Å². The molecule has 0 aromatic heterocycles. The van der Waals surface area contributed by atoms with Crippen LogP contribution in [0.1, 0.15) is 18.9 Å². The highest BCUT2D eigenvalue weighted by Crippen LogP contribution is 2.19. The Labute approximate surface area is 93.9 Å². The van der Waals surface area contributed by atoms with Gasteiger partial charge in [0.2, 0.25) is 0 Å². The van der Waals surface area contributed by atoms with E-state index in [4.69, 9.17) is 4.74 Å². The van der Waals surface area contributed by atoms with E-state index in [1.807, 2.05) is 0 Å². The number of methoxy groups -OCH3 is 1. The van der Waals surface area contributed by atoms with Crippen LogP contribution in [0.3, 0.4) is 0 Å². The number of halogens is 2. The predicted molar refractivity (Wildman–Crippen MR) is 57.2 cm³/mol. The van der Waals surface area contributed by atoms with Crippen LogP contribution in [-0.4, -0.2) is 24.4 Å². The maximum atomic E-state index is 13.3. The van der Waals surface area contributed by atoms with Crippen LogP contribution in [0.5, 0.6) is 0 Å². The number of hydrogen-bond donors (Lipinski definition) is 1. The van der Waals surface area contributed by atoms with Crippen LogP contribution in [0.15, 0.2) is 18.2 Å². The second-order valence-electron chi connectivity index (χ2n) is 4.15. The first-order valence-electron chi connectivity index (χ1n) is 5.10. The molecular formula is C12H16F2O2. The summed E-state index contributed by atoms with van der Waals surface area (Å²) in [5.74, 6) is -1.24. The second kappa shape index (κ2) is 5.37. The van der Waals surface area contributed by atoms with Crippen LogP contribution in [-0.2, 0) is 11.2 Å². The van der Waals surface area contributed by atoms with E-state index >= 15 is 0 Å². The van der Waals surface area contributed by atoms with Gasteiger partial charge in [-0.15, -0.1) is 0 Å². The zero-order valence-corrected chi connectivity index (χ0v) is 9.46. The third-order valence-electron chi connectivity index (χ3n) is 2.43. The van der Waals surface area contributed by atoms with Crippen LogP contribution in [0.2, 0.25) is 0 Å². The summed E-state index contributed by atoms with van der Waals surface area (Å²) in [5.41, 5.74) is -0.739. The highest BCUT2D eigenvalue weighted by atomic mass is 19.1. The normalized spacial score (nSPS) is 14.8. The fourth-order valence-electron chi connectivity index (χ4n) is 1.49. The van der Waals surface area contributed by atoms with Gasteiger partial charge in [0, 0.05) is 26.2 Å². The monoisotopic (exact) mass is 230 g/mol. The number of aliphatic hydroxyl groups is 1. The van der Waals surface area contributed by atoms with Crippen molar-refractivity contribution in [3.05, 3.63) is 35.4 Å². The zero-order chi connectivity index (χ0) is 12.2. The molecule has 1 rings (SSSR count). The molecule has 16 heavy (non-hydrogen) atoms. The van der Waals surface area contributed by atoms with Crippen molar-refractivity contribution >= 4 is 0 Å². The first kappa shape index (κ1) is 13.1. The fourth-order valence-corrected chi connectivity index (χ4v) is 1.49. The van der Waals surface area contributed by atoms with Gasteiger partial charge in [0.05, 0.1) is 5.60 Å². The first-order valence-corrected chi connectivity index (χ1v) is 5.10. The van der Waals surface area contributed by atoms with Crippen molar-refractivity contribution in [2.45, 2.75) is 25.4 Å². The summed E-state index contributed by atoms with van der Waals surface area (Å²) in [7, 11) is 1.54. The number of ether oxygens (including phenoxy) is 1. The van der Waals surface area contributed by atoms with E-state index in [-0.39, 0.29) is 6.42 Å². The Morgan fingerprint density at radius 3 is 2.62 bits per heavy atom. The van der Waals surface area contributed by atoms with E-state index in [1.165, 1.54) is 19.2 Å². The summed E-state index contributed by atoms with van der Waals surface area (Å²) >= 11 is 0. The molecule has 0 aliphatic rings. The van der Waals surface area contributed by atoms with Gasteiger partial charge in [0.15, 0.2) is 0 Å².